The summed E-state index contributed by atoms with van der Waals surface area (Å²) in [7, 11) is -1.65. The van der Waals surface area contributed by atoms with Crippen LogP contribution in [0.4, 0.5) is 33.7 Å². The van der Waals surface area contributed by atoms with Gasteiger partial charge >= 0.3 is 18.2 Å². The number of piperazine rings is 1. The molecule has 43 heavy (non-hydrogen) atoms. The Hall–Kier alpha value is -3.43. The number of carboxylic acid groups (broad SMARTS) is 1. The van der Waals surface area contributed by atoms with Gasteiger partial charge in [0.25, 0.3) is 0 Å². The molecule has 15 heteroatoms. The van der Waals surface area contributed by atoms with Gasteiger partial charge in [0.2, 0.25) is 10.0 Å². The van der Waals surface area contributed by atoms with Crippen LogP contribution in [0.15, 0.2) is 47.4 Å². The minimum atomic E-state index is -5.08. The number of amides is 2. The first-order chi connectivity index (χ1) is 20.0. The Morgan fingerprint density at radius 3 is 2.12 bits per heavy atom. The van der Waals surface area contributed by atoms with Crippen molar-refractivity contribution in [1.82, 2.24) is 14.1 Å². The van der Waals surface area contributed by atoms with Crippen LogP contribution in [-0.4, -0.2) is 105 Å². The maximum atomic E-state index is 15.4. The number of nitrogens with zero attached hydrogens (tertiary/aromatic N) is 4. The number of carbonyl (C=O) groups excluding carboxylic acids is 1. The van der Waals surface area contributed by atoms with Gasteiger partial charge in [-0.25, -0.2) is 22.4 Å². The second-order valence-electron chi connectivity index (χ2n) is 10.5. The fourth-order valence-electron chi connectivity index (χ4n) is 4.81. The minimum absolute atomic E-state index is 0.0520. The molecule has 0 aliphatic carbocycles. The topological polar surface area (TPSA) is 114 Å². The third-order valence-electron chi connectivity index (χ3n) is 7.34. The van der Waals surface area contributed by atoms with Crippen molar-refractivity contribution in [2.75, 3.05) is 69.6 Å². The fraction of sp³-hybridized carbons (Fsp3) is 0.500. The number of likely N-dealkylation sites (tertiary alicyclic amines) is 1. The van der Waals surface area contributed by atoms with Crippen LogP contribution in [0.3, 0.4) is 0 Å². The van der Waals surface area contributed by atoms with E-state index in [9.17, 15) is 26.4 Å². The second-order valence-corrected chi connectivity index (χ2v) is 12.4. The molecule has 0 saturated carbocycles. The summed E-state index contributed by atoms with van der Waals surface area (Å²) < 4.78 is 74.9. The summed E-state index contributed by atoms with van der Waals surface area (Å²) in [5, 5.41) is 10.0. The van der Waals surface area contributed by atoms with Crippen molar-refractivity contribution < 1.29 is 40.7 Å². The summed E-state index contributed by atoms with van der Waals surface area (Å²) in [5.74, 6) is -2.76. The minimum Gasteiger partial charge on any atom is -0.475 e. The molecule has 2 aliphatic heterocycles. The lowest BCUT2D eigenvalue weighted by molar-refractivity contribution is -0.192. The van der Waals surface area contributed by atoms with Gasteiger partial charge in [0.05, 0.1) is 29.4 Å². The second kappa shape index (κ2) is 13.5. The van der Waals surface area contributed by atoms with E-state index in [1.807, 2.05) is 25.1 Å². The highest BCUT2D eigenvalue weighted by Crippen LogP contribution is 2.38. The summed E-state index contributed by atoms with van der Waals surface area (Å²) in [4.78, 5) is 27.9. The van der Waals surface area contributed by atoms with E-state index < -0.39 is 33.9 Å². The highest BCUT2D eigenvalue weighted by atomic mass is 32.2. The standard InChI is InChI=1S/C26H36FN5O3S.C2HF3O2/c1-5-32(6-2)36(34,35)22-10-11-24(30-14-12-29(4)13-15-30)23(17-22)28-25(33)31-18-26(27,19-31)21-9-7-8-20(3)16-21;3-2(4,5)1(6)7/h7-11,16-17H,5-6,12-15,18-19H2,1-4H3,(H,28,33);(H,6,7). The molecule has 10 nitrogen and oxygen atoms in total. The molecule has 0 aromatic heterocycles. The number of aliphatic carboxylic acids is 1. The molecule has 2 fully saturated rings. The number of carbonyl (C=O) groups is 2. The molecular formula is C28H37F4N5O5S. The first kappa shape index (κ1) is 34.1. The summed E-state index contributed by atoms with van der Waals surface area (Å²) >= 11 is 0. The monoisotopic (exact) mass is 631 g/mol. The average Bonchev–Trinajstić information content (AvgIpc) is 2.92. The summed E-state index contributed by atoms with van der Waals surface area (Å²) in [6, 6.07) is 11.7. The maximum Gasteiger partial charge on any atom is 0.490 e. The number of anilines is 2. The van der Waals surface area contributed by atoms with E-state index in [1.54, 1.807) is 32.0 Å². The smallest absolute Gasteiger partial charge is 0.475 e. The molecule has 2 saturated heterocycles. The number of hydrogen-bond donors (Lipinski definition) is 2. The Kier molecular flexibility index (Phi) is 10.7. The van der Waals surface area contributed by atoms with Gasteiger partial charge in [0.15, 0.2) is 5.67 Å². The zero-order valence-electron chi connectivity index (χ0n) is 24.5. The number of alkyl halides is 4. The average molecular weight is 632 g/mol. The molecule has 2 aliphatic rings. The van der Waals surface area contributed by atoms with Crippen molar-refractivity contribution in [2.24, 2.45) is 0 Å². The van der Waals surface area contributed by atoms with Crippen LogP contribution in [0.25, 0.3) is 0 Å². The highest BCUT2D eigenvalue weighted by Gasteiger charge is 2.47. The number of carboxylic acids is 1. The van der Waals surface area contributed by atoms with E-state index >= 15 is 4.39 Å². The quantitative estimate of drug-likeness (QED) is 0.442. The van der Waals surface area contributed by atoms with Crippen molar-refractivity contribution >= 4 is 33.4 Å². The Balaban J connectivity index is 0.000000646. The molecule has 2 amide bonds. The highest BCUT2D eigenvalue weighted by molar-refractivity contribution is 7.89. The number of halogens is 4. The predicted octanol–water partition coefficient (Wildman–Crippen LogP) is 4.12. The summed E-state index contributed by atoms with van der Waals surface area (Å²) in [6.45, 7) is 9.34. The Bertz CT molecular complexity index is 1400. The zero-order valence-corrected chi connectivity index (χ0v) is 25.3. The molecule has 0 bridgehead atoms. The molecule has 0 spiro atoms. The van der Waals surface area contributed by atoms with Gasteiger partial charge in [-0.05, 0) is 37.7 Å². The third kappa shape index (κ3) is 8.15. The van der Waals surface area contributed by atoms with Crippen molar-refractivity contribution in [1.29, 1.82) is 0 Å². The van der Waals surface area contributed by atoms with Crippen LogP contribution in [0.2, 0.25) is 0 Å². The first-order valence-corrected chi connectivity index (χ1v) is 15.2. The van der Waals surface area contributed by atoms with E-state index in [2.05, 4.69) is 22.2 Å². The van der Waals surface area contributed by atoms with Gasteiger partial charge in [-0.15, -0.1) is 0 Å². The Morgan fingerprint density at radius 1 is 1.02 bits per heavy atom. The van der Waals surface area contributed by atoms with Crippen molar-refractivity contribution in [2.45, 2.75) is 37.5 Å². The van der Waals surface area contributed by atoms with Gasteiger partial charge < -0.3 is 25.1 Å². The number of benzene rings is 2. The Labute approximate surface area is 248 Å². The zero-order chi connectivity index (χ0) is 32.2. The summed E-state index contributed by atoms with van der Waals surface area (Å²) in [6.07, 6.45) is -5.08. The molecule has 2 aromatic rings. The molecular weight excluding hydrogens is 594 g/mol. The number of hydrogen-bond acceptors (Lipinski definition) is 6. The van der Waals surface area contributed by atoms with Crippen LogP contribution >= 0.6 is 0 Å². The molecule has 0 unspecified atom stereocenters. The van der Waals surface area contributed by atoms with Crippen LogP contribution in [0.5, 0.6) is 0 Å². The molecule has 0 atom stereocenters. The van der Waals surface area contributed by atoms with Crippen molar-refractivity contribution in [3.05, 3.63) is 53.6 Å². The number of sulfonamides is 1. The van der Waals surface area contributed by atoms with E-state index in [-0.39, 0.29) is 18.0 Å². The largest absolute Gasteiger partial charge is 0.490 e. The van der Waals surface area contributed by atoms with Crippen molar-refractivity contribution in [3.63, 3.8) is 0 Å². The van der Waals surface area contributed by atoms with Crippen LogP contribution in [-0.2, 0) is 20.5 Å². The molecule has 4 rings (SSSR count). The lowest BCUT2D eigenvalue weighted by Crippen LogP contribution is -2.60. The maximum absolute atomic E-state index is 15.4. The van der Waals surface area contributed by atoms with Gasteiger partial charge in [-0.1, -0.05) is 43.7 Å². The van der Waals surface area contributed by atoms with Gasteiger partial charge in [0.1, 0.15) is 0 Å². The van der Waals surface area contributed by atoms with Crippen LogP contribution in [0, 0.1) is 6.92 Å². The number of aryl methyl sites for hydroxylation is 1. The Morgan fingerprint density at radius 2 is 1.60 bits per heavy atom. The predicted molar refractivity (Wildman–Crippen MR) is 155 cm³/mol. The number of rotatable bonds is 7. The normalized spacial score (nSPS) is 17.1. The third-order valence-corrected chi connectivity index (χ3v) is 9.39. The lowest BCUT2D eigenvalue weighted by Gasteiger charge is -2.44. The van der Waals surface area contributed by atoms with E-state index in [4.69, 9.17) is 9.90 Å². The van der Waals surface area contributed by atoms with Gasteiger partial charge in [0, 0.05) is 39.3 Å². The van der Waals surface area contributed by atoms with Crippen LogP contribution < -0.4 is 10.2 Å². The summed E-state index contributed by atoms with van der Waals surface area (Å²) in [5.41, 5.74) is 1.13. The molecule has 2 heterocycles. The number of nitrogens with one attached hydrogen (secondary N) is 1. The molecule has 2 aromatic carbocycles. The molecule has 238 valence electrons. The number of likely N-dealkylation sites (N-methyl/N-ethyl adjacent to an activating group) is 1. The van der Waals surface area contributed by atoms with E-state index in [0.717, 1.165) is 37.4 Å². The lowest BCUT2D eigenvalue weighted by atomic mass is 9.87. The van der Waals surface area contributed by atoms with E-state index in [1.165, 1.54) is 15.3 Å². The van der Waals surface area contributed by atoms with Gasteiger partial charge in [-0.3, -0.25) is 0 Å². The molecule has 0 radical (unpaired) electrons. The van der Waals surface area contributed by atoms with E-state index in [0.29, 0.717) is 24.3 Å². The van der Waals surface area contributed by atoms with Gasteiger partial charge in [-0.2, -0.15) is 17.5 Å². The van der Waals surface area contributed by atoms with Crippen molar-refractivity contribution in [3.8, 4) is 0 Å². The molecule has 2 N–H and O–H groups in total. The van der Waals surface area contributed by atoms with Crippen LogP contribution in [0.1, 0.15) is 25.0 Å². The number of urea groups is 1. The SMILES string of the molecule is CCN(CC)S(=O)(=O)c1ccc(N2CCN(C)CC2)c(NC(=O)N2CC(F)(c3cccc(C)c3)C2)c1.O=C(O)C(F)(F)F. The fourth-order valence-corrected chi connectivity index (χ4v) is 6.30. The first-order valence-electron chi connectivity index (χ1n) is 13.7.